The summed E-state index contributed by atoms with van der Waals surface area (Å²) in [5, 5.41) is 0. The topological polar surface area (TPSA) is 49.6 Å². The van der Waals surface area contributed by atoms with Crippen LogP contribution in [0, 0.1) is 0 Å². The molecule has 1 saturated heterocycles. The second-order valence-electron chi connectivity index (χ2n) is 5.62. The van der Waals surface area contributed by atoms with E-state index in [0.29, 0.717) is 6.42 Å². The Balaban J connectivity index is 1.73. The number of nitrogens with two attached hydrogens (primary N) is 1. The molecule has 1 aliphatic rings. The zero-order valence-electron chi connectivity index (χ0n) is 12.6. The summed E-state index contributed by atoms with van der Waals surface area (Å²) in [6.45, 7) is 6.47. The summed E-state index contributed by atoms with van der Waals surface area (Å²) in [6.07, 6.45) is 2.44. The minimum Gasteiger partial charge on any atom is -0.340 e. The lowest BCUT2D eigenvalue weighted by molar-refractivity contribution is -0.133. The fraction of sp³-hybridized carbons (Fsp3) is 0.667. The van der Waals surface area contributed by atoms with Crippen molar-refractivity contribution in [3.05, 3.63) is 21.3 Å². The van der Waals surface area contributed by atoms with Crippen LogP contribution in [-0.2, 0) is 11.3 Å². The van der Waals surface area contributed by atoms with Crippen LogP contribution >= 0.6 is 22.9 Å². The van der Waals surface area contributed by atoms with Gasteiger partial charge in [0, 0.05) is 50.1 Å². The summed E-state index contributed by atoms with van der Waals surface area (Å²) in [6, 6.07) is 4.03. The van der Waals surface area contributed by atoms with E-state index in [0.717, 1.165) is 49.9 Å². The molecule has 1 aromatic heterocycles. The first-order valence-electron chi connectivity index (χ1n) is 7.58. The lowest BCUT2D eigenvalue weighted by atomic mass is 10.1. The maximum atomic E-state index is 12.2. The Bertz CT molecular complexity index is 458. The highest BCUT2D eigenvalue weighted by Gasteiger charge is 2.22. The molecule has 1 aliphatic heterocycles. The highest BCUT2D eigenvalue weighted by molar-refractivity contribution is 7.16. The van der Waals surface area contributed by atoms with Gasteiger partial charge in [-0.05, 0) is 18.6 Å². The van der Waals surface area contributed by atoms with Crippen LogP contribution in [0.4, 0.5) is 0 Å². The molecule has 1 atom stereocenters. The van der Waals surface area contributed by atoms with E-state index in [1.165, 1.54) is 4.88 Å². The average molecular weight is 330 g/mol. The summed E-state index contributed by atoms with van der Waals surface area (Å²) >= 11 is 7.58. The predicted molar refractivity (Wildman–Crippen MR) is 88.7 cm³/mol. The number of rotatable bonds is 6. The van der Waals surface area contributed by atoms with Crippen LogP contribution in [0.1, 0.15) is 31.1 Å². The molecular weight excluding hydrogens is 306 g/mol. The Labute approximate surface area is 135 Å². The van der Waals surface area contributed by atoms with Gasteiger partial charge in [-0.3, -0.25) is 9.69 Å². The first-order valence-corrected chi connectivity index (χ1v) is 8.78. The Morgan fingerprint density at radius 2 is 2.10 bits per heavy atom. The summed E-state index contributed by atoms with van der Waals surface area (Å²) in [7, 11) is 0. The lowest BCUT2D eigenvalue weighted by Gasteiger charge is -2.35. The number of thiophene rings is 1. The third kappa shape index (κ3) is 5.25. The number of amides is 1. The van der Waals surface area contributed by atoms with Crippen LogP contribution in [0.2, 0.25) is 4.34 Å². The molecule has 0 saturated carbocycles. The quantitative estimate of drug-likeness (QED) is 0.872. The summed E-state index contributed by atoms with van der Waals surface area (Å²) in [4.78, 5) is 17.8. The minimum atomic E-state index is 0.00814. The van der Waals surface area contributed by atoms with Gasteiger partial charge >= 0.3 is 0 Å². The van der Waals surface area contributed by atoms with Gasteiger partial charge in [0.15, 0.2) is 0 Å². The van der Waals surface area contributed by atoms with Crippen molar-refractivity contribution in [1.29, 1.82) is 0 Å². The van der Waals surface area contributed by atoms with Crippen molar-refractivity contribution in [1.82, 2.24) is 9.80 Å². The van der Waals surface area contributed by atoms with Crippen LogP contribution in [0.3, 0.4) is 0 Å². The number of carbonyl (C=O) groups is 1. The molecule has 118 valence electrons. The third-order valence-electron chi connectivity index (χ3n) is 3.83. The Morgan fingerprint density at radius 1 is 1.38 bits per heavy atom. The minimum absolute atomic E-state index is 0.00814. The second-order valence-corrected chi connectivity index (χ2v) is 7.42. The number of nitrogens with zero attached hydrogens (tertiary/aromatic N) is 2. The van der Waals surface area contributed by atoms with E-state index in [2.05, 4.69) is 17.9 Å². The molecule has 2 rings (SSSR count). The van der Waals surface area contributed by atoms with E-state index < -0.39 is 0 Å². The number of halogens is 1. The zero-order chi connectivity index (χ0) is 15.2. The molecule has 0 aromatic carbocycles. The fourth-order valence-electron chi connectivity index (χ4n) is 2.64. The van der Waals surface area contributed by atoms with Gasteiger partial charge < -0.3 is 10.6 Å². The van der Waals surface area contributed by atoms with Crippen LogP contribution in [0.25, 0.3) is 0 Å². The lowest BCUT2D eigenvalue weighted by Crippen LogP contribution is -2.49. The van der Waals surface area contributed by atoms with Crippen molar-refractivity contribution < 1.29 is 4.79 Å². The average Bonchev–Trinajstić information content (AvgIpc) is 2.85. The molecule has 0 aliphatic carbocycles. The van der Waals surface area contributed by atoms with Gasteiger partial charge in [-0.2, -0.15) is 0 Å². The van der Waals surface area contributed by atoms with Gasteiger partial charge in [-0.25, -0.2) is 0 Å². The van der Waals surface area contributed by atoms with E-state index in [1.807, 2.05) is 11.0 Å². The van der Waals surface area contributed by atoms with Crippen LogP contribution in [0.5, 0.6) is 0 Å². The smallest absolute Gasteiger partial charge is 0.224 e. The molecule has 2 N–H and O–H groups in total. The van der Waals surface area contributed by atoms with Crippen molar-refractivity contribution >= 4 is 28.8 Å². The van der Waals surface area contributed by atoms with E-state index in [9.17, 15) is 4.79 Å². The molecule has 2 heterocycles. The summed E-state index contributed by atoms with van der Waals surface area (Å²) < 4.78 is 0.837. The molecule has 1 fully saturated rings. The molecule has 6 heteroatoms. The van der Waals surface area contributed by atoms with Gasteiger partial charge in [0.05, 0.1) is 4.34 Å². The van der Waals surface area contributed by atoms with Crippen molar-refractivity contribution in [2.45, 2.75) is 38.8 Å². The standard InChI is InChI=1S/C15H24ClN3OS/c1-2-3-12(17)10-15(20)19-8-6-18(7-9-19)11-13-4-5-14(16)21-13/h4-5,12H,2-3,6-11,17H2,1H3. The molecule has 1 amide bonds. The number of piperazine rings is 1. The molecule has 21 heavy (non-hydrogen) atoms. The van der Waals surface area contributed by atoms with Gasteiger partial charge in [-0.15, -0.1) is 11.3 Å². The Morgan fingerprint density at radius 3 is 2.67 bits per heavy atom. The normalized spacial score (nSPS) is 18.0. The first-order chi connectivity index (χ1) is 10.1. The first kappa shape index (κ1) is 16.7. The second kappa shape index (κ2) is 8.13. The van der Waals surface area contributed by atoms with Gasteiger partial charge in [0.2, 0.25) is 5.91 Å². The summed E-state index contributed by atoms with van der Waals surface area (Å²) in [5.41, 5.74) is 5.95. The molecule has 1 aromatic rings. The molecule has 1 unspecified atom stereocenters. The molecule has 0 spiro atoms. The highest BCUT2D eigenvalue weighted by atomic mass is 35.5. The van der Waals surface area contributed by atoms with Crippen molar-refractivity contribution in [2.75, 3.05) is 26.2 Å². The van der Waals surface area contributed by atoms with E-state index >= 15 is 0 Å². The van der Waals surface area contributed by atoms with Crippen LogP contribution in [-0.4, -0.2) is 47.9 Å². The van der Waals surface area contributed by atoms with Gasteiger partial charge in [0.25, 0.3) is 0 Å². The van der Waals surface area contributed by atoms with Gasteiger partial charge in [0.1, 0.15) is 0 Å². The van der Waals surface area contributed by atoms with Crippen LogP contribution in [0.15, 0.2) is 12.1 Å². The Kier molecular flexibility index (Phi) is 6.48. The SMILES string of the molecule is CCCC(N)CC(=O)N1CCN(Cc2ccc(Cl)s2)CC1. The maximum absolute atomic E-state index is 12.2. The molecule has 0 bridgehead atoms. The monoisotopic (exact) mass is 329 g/mol. The fourth-order valence-corrected chi connectivity index (χ4v) is 3.77. The predicted octanol–water partition coefficient (Wildman–Crippen LogP) is 2.56. The molecule has 4 nitrogen and oxygen atoms in total. The van der Waals surface area contributed by atoms with E-state index in [-0.39, 0.29) is 11.9 Å². The van der Waals surface area contributed by atoms with Crippen molar-refractivity contribution in [2.24, 2.45) is 5.73 Å². The molecule has 0 radical (unpaired) electrons. The number of hydrogen-bond donors (Lipinski definition) is 1. The highest BCUT2D eigenvalue weighted by Crippen LogP contribution is 2.23. The largest absolute Gasteiger partial charge is 0.340 e. The van der Waals surface area contributed by atoms with Crippen LogP contribution < -0.4 is 5.73 Å². The maximum Gasteiger partial charge on any atom is 0.224 e. The van der Waals surface area contributed by atoms with Crippen molar-refractivity contribution in [3.8, 4) is 0 Å². The van der Waals surface area contributed by atoms with Crippen molar-refractivity contribution in [3.63, 3.8) is 0 Å². The molecular formula is C15H24ClN3OS. The van der Waals surface area contributed by atoms with E-state index in [4.69, 9.17) is 17.3 Å². The summed E-state index contributed by atoms with van der Waals surface area (Å²) in [5.74, 6) is 0.203. The van der Waals surface area contributed by atoms with E-state index in [1.54, 1.807) is 11.3 Å². The third-order valence-corrected chi connectivity index (χ3v) is 5.05. The Hall–Kier alpha value is -0.620. The number of hydrogen-bond acceptors (Lipinski definition) is 4. The number of carbonyl (C=O) groups excluding carboxylic acids is 1. The van der Waals surface area contributed by atoms with Gasteiger partial charge in [-0.1, -0.05) is 24.9 Å². The zero-order valence-corrected chi connectivity index (χ0v) is 14.1.